The molecule has 2 amide bonds. The molecule has 160 valence electrons. The summed E-state index contributed by atoms with van der Waals surface area (Å²) in [6.45, 7) is 0. The number of nitrogens with one attached hydrogen (secondary N) is 3. The van der Waals surface area contributed by atoms with Crippen LogP contribution in [-0.4, -0.2) is 46.4 Å². The largest absolute Gasteiger partial charge is 0.497 e. The van der Waals surface area contributed by atoms with Crippen LogP contribution in [0.15, 0.2) is 55.0 Å². The lowest BCUT2D eigenvalue weighted by molar-refractivity contribution is -0.121. The highest BCUT2D eigenvalue weighted by Crippen LogP contribution is 2.32. The van der Waals surface area contributed by atoms with Gasteiger partial charge in [-0.3, -0.25) is 14.9 Å². The van der Waals surface area contributed by atoms with E-state index in [2.05, 4.69) is 30.6 Å². The number of fused-ring (bicyclic) bond motifs is 1. The zero-order chi connectivity index (χ0) is 22.5. The lowest BCUT2D eigenvalue weighted by Crippen LogP contribution is -2.17. The summed E-state index contributed by atoms with van der Waals surface area (Å²) in [6, 6.07) is 9.46. The normalized spacial score (nSPS) is 10.9. The minimum atomic E-state index is -0.504. The third-order valence-electron chi connectivity index (χ3n) is 4.81. The van der Waals surface area contributed by atoms with Crippen molar-refractivity contribution >= 4 is 35.4 Å². The van der Waals surface area contributed by atoms with Gasteiger partial charge in [0.2, 0.25) is 18.3 Å². The highest BCUT2D eigenvalue weighted by Gasteiger charge is 2.12. The second kappa shape index (κ2) is 9.09. The first-order valence-electron chi connectivity index (χ1n) is 9.71. The van der Waals surface area contributed by atoms with Crippen molar-refractivity contribution in [3.63, 3.8) is 0 Å². The van der Waals surface area contributed by atoms with Gasteiger partial charge in [-0.1, -0.05) is 0 Å². The van der Waals surface area contributed by atoms with Crippen LogP contribution >= 0.6 is 0 Å². The summed E-state index contributed by atoms with van der Waals surface area (Å²) >= 11 is 0. The minimum absolute atomic E-state index is 0.343. The first kappa shape index (κ1) is 20.7. The van der Waals surface area contributed by atoms with E-state index in [0.717, 1.165) is 39.0 Å². The molecule has 0 saturated carbocycles. The van der Waals surface area contributed by atoms with Crippen molar-refractivity contribution in [3.05, 3.63) is 60.6 Å². The molecule has 9 nitrogen and oxygen atoms in total. The van der Waals surface area contributed by atoms with E-state index in [9.17, 15) is 9.59 Å². The fourth-order valence-electron chi connectivity index (χ4n) is 3.28. The molecule has 0 saturated heterocycles. The molecule has 9 heteroatoms. The molecular formula is C23H20N6O3. The molecule has 0 fully saturated rings. The minimum Gasteiger partial charge on any atom is -0.497 e. The zero-order valence-corrected chi connectivity index (χ0v) is 17.4. The number of ether oxygens (including phenoxy) is 1. The number of carbonyl (C=O) groups is 2. The standard InChI is InChI=1S/C23H20N6O3/c1-24-23-25-6-5-20(29-23)19-12-27-22-18(19)10-16(11-26-22)15-7-14(8-17(9-15)32-2)3-4-21(31)28-13-30/h3-13H,1-2H3,(H,26,27)(H,24,25,29)(H,28,30,31). The third-order valence-corrected chi connectivity index (χ3v) is 4.81. The van der Waals surface area contributed by atoms with E-state index in [1.165, 1.54) is 6.08 Å². The summed E-state index contributed by atoms with van der Waals surface area (Å²) in [6.07, 6.45) is 8.57. The molecule has 4 aromatic rings. The van der Waals surface area contributed by atoms with Crippen LogP contribution in [0.1, 0.15) is 5.56 Å². The molecule has 4 rings (SSSR count). The number of pyridine rings is 1. The number of nitrogens with zero attached hydrogens (tertiary/aromatic N) is 3. The lowest BCUT2D eigenvalue weighted by atomic mass is 10.0. The van der Waals surface area contributed by atoms with E-state index >= 15 is 0 Å². The first-order valence-corrected chi connectivity index (χ1v) is 9.71. The van der Waals surface area contributed by atoms with Crippen molar-refractivity contribution in [2.75, 3.05) is 19.5 Å². The Morgan fingerprint density at radius 2 is 2.03 bits per heavy atom. The molecule has 0 unspecified atom stereocenters. The van der Waals surface area contributed by atoms with Gasteiger partial charge >= 0.3 is 0 Å². The van der Waals surface area contributed by atoms with E-state index in [1.54, 1.807) is 38.7 Å². The fraction of sp³-hybridized carbons (Fsp3) is 0.0870. The van der Waals surface area contributed by atoms with Gasteiger partial charge in [-0.15, -0.1) is 0 Å². The smallest absolute Gasteiger partial charge is 0.250 e. The van der Waals surface area contributed by atoms with Gasteiger partial charge in [0.1, 0.15) is 11.4 Å². The number of rotatable bonds is 7. The Morgan fingerprint density at radius 3 is 2.81 bits per heavy atom. The number of aromatic amines is 1. The highest BCUT2D eigenvalue weighted by molar-refractivity contribution is 5.98. The number of imide groups is 1. The summed E-state index contributed by atoms with van der Waals surface area (Å²) in [5, 5.41) is 5.93. The van der Waals surface area contributed by atoms with Gasteiger partial charge in [0, 0.05) is 48.2 Å². The molecule has 0 spiro atoms. The number of amides is 2. The number of hydrogen-bond donors (Lipinski definition) is 3. The number of methoxy groups -OCH3 is 1. The number of hydrogen-bond acceptors (Lipinski definition) is 7. The summed E-state index contributed by atoms with van der Waals surface area (Å²) < 4.78 is 5.42. The lowest BCUT2D eigenvalue weighted by Gasteiger charge is -2.08. The maximum Gasteiger partial charge on any atom is 0.250 e. The van der Waals surface area contributed by atoms with Gasteiger partial charge in [-0.2, -0.15) is 0 Å². The Labute approximate surface area is 183 Å². The molecule has 3 N–H and O–H groups in total. The van der Waals surface area contributed by atoms with Crippen molar-refractivity contribution < 1.29 is 14.3 Å². The highest BCUT2D eigenvalue weighted by atomic mass is 16.5. The van der Waals surface area contributed by atoms with Crippen LogP contribution in [0.2, 0.25) is 0 Å². The number of H-pyrrole nitrogens is 1. The van der Waals surface area contributed by atoms with E-state index in [0.29, 0.717) is 18.1 Å². The Bertz CT molecular complexity index is 1330. The third kappa shape index (κ3) is 4.31. The van der Waals surface area contributed by atoms with Crippen LogP contribution in [0.4, 0.5) is 5.95 Å². The number of benzene rings is 1. The van der Waals surface area contributed by atoms with E-state index in [1.807, 2.05) is 30.5 Å². The molecule has 0 aliphatic carbocycles. The van der Waals surface area contributed by atoms with Gasteiger partial charge < -0.3 is 15.0 Å². The van der Waals surface area contributed by atoms with Crippen molar-refractivity contribution in [2.24, 2.45) is 0 Å². The predicted octanol–water partition coefficient (Wildman–Crippen LogP) is 3.02. The first-order chi connectivity index (χ1) is 15.6. The number of anilines is 1. The SMILES string of the molecule is CNc1nccc(-c2c[nH]c3ncc(-c4cc(C=CC(=O)NC=O)cc(OC)c4)cc23)n1. The van der Waals surface area contributed by atoms with Gasteiger partial charge in [-0.05, 0) is 47.5 Å². The second-order valence-corrected chi connectivity index (χ2v) is 6.79. The monoisotopic (exact) mass is 428 g/mol. The Balaban J connectivity index is 1.77. The molecule has 3 heterocycles. The Hall–Kier alpha value is -4.53. The van der Waals surface area contributed by atoms with Gasteiger partial charge in [0.25, 0.3) is 0 Å². The topological polar surface area (TPSA) is 122 Å². The quantitative estimate of drug-likeness (QED) is 0.305. The molecule has 0 radical (unpaired) electrons. The molecule has 0 aliphatic heterocycles. The van der Waals surface area contributed by atoms with Crippen LogP contribution in [0, 0.1) is 0 Å². The van der Waals surface area contributed by atoms with E-state index < -0.39 is 5.91 Å². The van der Waals surface area contributed by atoms with Crippen LogP contribution in [-0.2, 0) is 9.59 Å². The maximum absolute atomic E-state index is 11.6. The summed E-state index contributed by atoms with van der Waals surface area (Å²) in [5.74, 6) is 0.654. The van der Waals surface area contributed by atoms with Crippen molar-refractivity contribution in [1.82, 2.24) is 25.3 Å². The van der Waals surface area contributed by atoms with Crippen LogP contribution in [0.5, 0.6) is 5.75 Å². The summed E-state index contributed by atoms with van der Waals surface area (Å²) in [5.41, 5.74) is 4.88. The molecular weight excluding hydrogens is 408 g/mol. The average Bonchev–Trinajstić information content (AvgIpc) is 3.26. The summed E-state index contributed by atoms with van der Waals surface area (Å²) in [7, 11) is 3.34. The van der Waals surface area contributed by atoms with Crippen LogP contribution in [0.3, 0.4) is 0 Å². The van der Waals surface area contributed by atoms with E-state index in [-0.39, 0.29) is 0 Å². The molecule has 1 aromatic carbocycles. The van der Waals surface area contributed by atoms with Crippen LogP contribution in [0.25, 0.3) is 39.5 Å². The maximum atomic E-state index is 11.6. The van der Waals surface area contributed by atoms with Crippen molar-refractivity contribution in [1.29, 1.82) is 0 Å². The number of carbonyl (C=O) groups excluding carboxylic acids is 2. The predicted molar refractivity (Wildman–Crippen MR) is 122 cm³/mol. The average molecular weight is 428 g/mol. The zero-order valence-electron chi connectivity index (χ0n) is 17.4. The fourth-order valence-corrected chi connectivity index (χ4v) is 3.28. The Kier molecular flexibility index (Phi) is 5.89. The van der Waals surface area contributed by atoms with Gasteiger partial charge in [0.15, 0.2) is 0 Å². The Morgan fingerprint density at radius 1 is 1.16 bits per heavy atom. The molecule has 3 aromatic heterocycles. The molecule has 32 heavy (non-hydrogen) atoms. The molecule has 0 aliphatic rings. The van der Waals surface area contributed by atoms with Crippen LogP contribution < -0.4 is 15.4 Å². The molecule has 0 bridgehead atoms. The number of aromatic nitrogens is 4. The van der Waals surface area contributed by atoms with Crippen molar-refractivity contribution in [2.45, 2.75) is 0 Å². The molecule has 0 atom stereocenters. The van der Waals surface area contributed by atoms with Gasteiger partial charge in [0.05, 0.1) is 12.8 Å². The van der Waals surface area contributed by atoms with Crippen molar-refractivity contribution in [3.8, 4) is 28.1 Å². The van der Waals surface area contributed by atoms with E-state index in [4.69, 9.17) is 4.74 Å². The van der Waals surface area contributed by atoms with Gasteiger partial charge in [-0.25, -0.2) is 15.0 Å². The second-order valence-electron chi connectivity index (χ2n) is 6.79. The summed E-state index contributed by atoms with van der Waals surface area (Å²) in [4.78, 5) is 38.4.